The Kier molecular flexibility index (Phi) is 5.07. The van der Waals surface area contributed by atoms with Gasteiger partial charge in [-0.1, -0.05) is 0 Å². The molecular formula is C16H24N4O3. The summed E-state index contributed by atoms with van der Waals surface area (Å²) >= 11 is 0. The molecule has 0 saturated carbocycles. The number of carbonyl (C=O) groups excluding carboxylic acids is 1. The number of fused-ring (bicyclic) bond motifs is 1. The SMILES string of the molecule is COCCNC(=O)[C@H]1CC[C@H]2[C@H](CCN2c2ccc(C)nn2)O1. The molecule has 1 aromatic rings. The minimum atomic E-state index is -0.350. The molecular weight excluding hydrogens is 296 g/mol. The highest BCUT2D eigenvalue weighted by Crippen LogP contribution is 2.33. The number of nitrogens with one attached hydrogen (secondary N) is 1. The maximum absolute atomic E-state index is 12.1. The molecule has 3 atom stereocenters. The fourth-order valence-electron chi connectivity index (χ4n) is 3.34. The molecule has 0 radical (unpaired) electrons. The predicted molar refractivity (Wildman–Crippen MR) is 85.3 cm³/mol. The second-order valence-corrected chi connectivity index (χ2v) is 6.11. The maximum Gasteiger partial charge on any atom is 0.249 e. The zero-order chi connectivity index (χ0) is 16.2. The van der Waals surface area contributed by atoms with Crippen molar-refractivity contribution in [1.82, 2.24) is 15.5 Å². The monoisotopic (exact) mass is 320 g/mol. The Balaban J connectivity index is 1.57. The van der Waals surface area contributed by atoms with E-state index in [0.29, 0.717) is 13.2 Å². The molecule has 0 aromatic carbocycles. The van der Waals surface area contributed by atoms with E-state index in [4.69, 9.17) is 9.47 Å². The number of amides is 1. The lowest BCUT2D eigenvalue weighted by molar-refractivity contribution is -0.141. The third-order valence-electron chi connectivity index (χ3n) is 4.52. The van der Waals surface area contributed by atoms with Crippen LogP contribution in [0.15, 0.2) is 12.1 Å². The van der Waals surface area contributed by atoms with Gasteiger partial charge in [-0.3, -0.25) is 4.79 Å². The van der Waals surface area contributed by atoms with Crippen molar-refractivity contribution in [3.63, 3.8) is 0 Å². The van der Waals surface area contributed by atoms with Crippen molar-refractivity contribution >= 4 is 11.7 Å². The van der Waals surface area contributed by atoms with Crippen LogP contribution in [0.3, 0.4) is 0 Å². The first-order valence-corrected chi connectivity index (χ1v) is 8.18. The molecule has 0 unspecified atom stereocenters. The molecule has 3 rings (SSSR count). The van der Waals surface area contributed by atoms with Gasteiger partial charge in [0.15, 0.2) is 5.82 Å². The number of ether oxygens (including phenoxy) is 2. The van der Waals surface area contributed by atoms with E-state index in [9.17, 15) is 4.79 Å². The Morgan fingerprint density at radius 1 is 1.39 bits per heavy atom. The van der Waals surface area contributed by atoms with Gasteiger partial charge in [-0.2, -0.15) is 5.10 Å². The summed E-state index contributed by atoms with van der Waals surface area (Å²) in [6.07, 6.45) is 2.32. The third kappa shape index (κ3) is 3.61. The summed E-state index contributed by atoms with van der Waals surface area (Å²) in [5, 5.41) is 11.3. The van der Waals surface area contributed by atoms with E-state index in [1.54, 1.807) is 7.11 Å². The summed E-state index contributed by atoms with van der Waals surface area (Å²) in [5.41, 5.74) is 0.914. The highest BCUT2D eigenvalue weighted by atomic mass is 16.5. The third-order valence-corrected chi connectivity index (χ3v) is 4.52. The first-order chi connectivity index (χ1) is 11.2. The normalized spacial score (nSPS) is 26.9. The van der Waals surface area contributed by atoms with Crippen molar-refractivity contribution in [3.05, 3.63) is 17.8 Å². The van der Waals surface area contributed by atoms with E-state index >= 15 is 0 Å². The summed E-state index contributed by atoms with van der Waals surface area (Å²) in [4.78, 5) is 14.4. The molecule has 2 aliphatic heterocycles. The van der Waals surface area contributed by atoms with Crippen molar-refractivity contribution in [3.8, 4) is 0 Å². The van der Waals surface area contributed by atoms with E-state index in [-0.39, 0.29) is 24.2 Å². The Morgan fingerprint density at radius 3 is 3.00 bits per heavy atom. The van der Waals surface area contributed by atoms with Crippen LogP contribution in [0.2, 0.25) is 0 Å². The molecule has 2 aliphatic rings. The van der Waals surface area contributed by atoms with Crippen molar-refractivity contribution in [2.75, 3.05) is 31.7 Å². The molecule has 1 N–H and O–H groups in total. The van der Waals surface area contributed by atoms with E-state index in [1.165, 1.54) is 0 Å². The van der Waals surface area contributed by atoms with Crippen LogP contribution in [-0.4, -0.2) is 61.2 Å². The van der Waals surface area contributed by atoms with Crippen molar-refractivity contribution in [2.45, 2.75) is 44.4 Å². The highest BCUT2D eigenvalue weighted by molar-refractivity contribution is 5.80. The smallest absolute Gasteiger partial charge is 0.249 e. The Morgan fingerprint density at radius 2 is 2.26 bits per heavy atom. The van der Waals surface area contributed by atoms with Gasteiger partial charge < -0.3 is 19.7 Å². The van der Waals surface area contributed by atoms with E-state index in [2.05, 4.69) is 20.4 Å². The standard InChI is InChI=1S/C16H24N4O3/c1-11-3-6-15(19-18-11)20-9-7-13-12(20)4-5-14(23-13)16(21)17-8-10-22-2/h3,6,12-14H,4-5,7-10H2,1-2H3,(H,17,21)/t12-,13-,14+/m0/s1. The molecule has 2 fully saturated rings. The summed E-state index contributed by atoms with van der Waals surface area (Å²) in [6.45, 7) is 3.86. The summed E-state index contributed by atoms with van der Waals surface area (Å²) in [5.74, 6) is 0.865. The quantitative estimate of drug-likeness (QED) is 0.804. The summed E-state index contributed by atoms with van der Waals surface area (Å²) in [6, 6.07) is 4.27. The second kappa shape index (κ2) is 7.23. The topological polar surface area (TPSA) is 76.6 Å². The van der Waals surface area contributed by atoms with Crippen LogP contribution in [-0.2, 0) is 14.3 Å². The Hall–Kier alpha value is -1.73. The van der Waals surface area contributed by atoms with Crippen LogP contribution in [0.1, 0.15) is 25.0 Å². The van der Waals surface area contributed by atoms with Gasteiger partial charge in [-0.25, -0.2) is 0 Å². The number of nitrogens with zero attached hydrogens (tertiary/aromatic N) is 3. The lowest BCUT2D eigenvalue weighted by atomic mass is 9.98. The van der Waals surface area contributed by atoms with Gasteiger partial charge in [0, 0.05) is 20.2 Å². The lowest BCUT2D eigenvalue weighted by Gasteiger charge is -2.35. The molecule has 0 bridgehead atoms. The molecule has 0 aliphatic carbocycles. The van der Waals surface area contributed by atoms with Crippen LogP contribution in [0.4, 0.5) is 5.82 Å². The number of hydrogen-bond acceptors (Lipinski definition) is 6. The minimum Gasteiger partial charge on any atom is -0.383 e. The second-order valence-electron chi connectivity index (χ2n) is 6.11. The molecule has 2 saturated heterocycles. The molecule has 0 spiro atoms. The van der Waals surface area contributed by atoms with Gasteiger partial charge in [0.05, 0.1) is 24.4 Å². The number of carbonyl (C=O) groups is 1. The molecule has 126 valence electrons. The van der Waals surface area contributed by atoms with Crippen LogP contribution < -0.4 is 10.2 Å². The molecule has 1 aromatic heterocycles. The largest absolute Gasteiger partial charge is 0.383 e. The van der Waals surface area contributed by atoms with E-state index in [0.717, 1.165) is 37.3 Å². The van der Waals surface area contributed by atoms with E-state index in [1.807, 2.05) is 19.1 Å². The molecule has 1 amide bonds. The summed E-state index contributed by atoms with van der Waals surface area (Å²) in [7, 11) is 1.62. The van der Waals surface area contributed by atoms with Gasteiger partial charge in [0.1, 0.15) is 6.10 Å². The van der Waals surface area contributed by atoms with E-state index < -0.39 is 0 Å². The number of aryl methyl sites for hydroxylation is 1. The van der Waals surface area contributed by atoms with Gasteiger partial charge in [-0.05, 0) is 38.3 Å². The number of anilines is 1. The summed E-state index contributed by atoms with van der Waals surface area (Å²) < 4.78 is 11.0. The van der Waals surface area contributed by atoms with Gasteiger partial charge in [0.25, 0.3) is 0 Å². The fraction of sp³-hybridized carbons (Fsp3) is 0.688. The van der Waals surface area contributed by atoms with Crippen molar-refractivity contribution in [1.29, 1.82) is 0 Å². The van der Waals surface area contributed by atoms with Crippen LogP contribution in [0.25, 0.3) is 0 Å². The van der Waals surface area contributed by atoms with Crippen molar-refractivity contribution < 1.29 is 14.3 Å². The predicted octanol–water partition coefficient (Wildman–Crippen LogP) is 0.674. The van der Waals surface area contributed by atoms with Gasteiger partial charge in [0.2, 0.25) is 5.91 Å². The van der Waals surface area contributed by atoms with Gasteiger partial charge >= 0.3 is 0 Å². The molecule has 7 nitrogen and oxygen atoms in total. The first kappa shape index (κ1) is 16.1. The highest BCUT2D eigenvalue weighted by Gasteiger charge is 2.42. The Labute approximate surface area is 136 Å². The van der Waals surface area contributed by atoms with Crippen LogP contribution in [0, 0.1) is 6.92 Å². The maximum atomic E-state index is 12.1. The molecule has 3 heterocycles. The number of aromatic nitrogens is 2. The van der Waals surface area contributed by atoms with Gasteiger partial charge in [-0.15, -0.1) is 5.10 Å². The van der Waals surface area contributed by atoms with Crippen LogP contribution >= 0.6 is 0 Å². The average Bonchev–Trinajstić information content (AvgIpc) is 2.99. The molecule has 7 heteroatoms. The zero-order valence-electron chi connectivity index (χ0n) is 13.7. The Bertz CT molecular complexity index is 537. The fourth-order valence-corrected chi connectivity index (χ4v) is 3.34. The lowest BCUT2D eigenvalue weighted by Crippen LogP contribution is -2.48. The zero-order valence-corrected chi connectivity index (χ0v) is 13.7. The number of hydrogen-bond donors (Lipinski definition) is 1. The average molecular weight is 320 g/mol. The molecule has 23 heavy (non-hydrogen) atoms. The minimum absolute atomic E-state index is 0.0333. The number of methoxy groups -OCH3 is 1. The van der Waals surface area contributed by atoms with Crippen LogP contribution in [0.5, 0.6) is 0 Å². The number of rotatable bonds is 5. The first-order valence-electron chi connectivity index (χ1n) is 8.18. The van der Waals surface area contributed by atoms with Crippen molar-refractivity contribution in [2.24, 2.45) is 0 Å².